The van der Waals surface area contributed by atoms with Crippen LogP contribution in [0.2, 0.25) is 0 Å². The Labute approximate surface area is 91.8 Å². The van der Waals surface area contributed by atoms with Gasteiger partial charge in [-0.25, -0.2) is 10.1 Å². The van der Waals surface area contributed by atoms with Gasteiger partial charge in [-0.15, -0.1) is 42.1 Å². The minimum Gasteiger partial charge on any atom is -0.263 e. The number of guanidine groups is 1. The Kier molecular flexibility index (Phi) is 19.5. The molecule has 0 saturated heterocycles. The van der Waals surface area contributed by atoms with Gasteiger partial charge in [0.1, 0.15) is 0 Å². The molecule has 0 atom stereocenters. The predicted molar refractivity (Wildman–Crippen MR) is 53.2 cm³/mol. The molecule has 0 amide bonds. The largest absolute Gasteiger partial charge is 0.276 e. The molecule has 0 bridgehead atoms. The number of nitrogens with one attached hydrogen (secondary N) is 2. The standard InChI is InChI=1S/C2H5N5O3.3ClH/c1-6(5-8)2(3)4-7(9)10;;;/h1H3,(H2,3,4);3*1H. The third-order valence-electron chi connectivity index (χ3n) is 0.643. The Morgan fingerprint density at radius 3 is 2.15 bits per heavy atom. The Morgan fingerprint density at radius 2 is 1.92 bits per heavy atom. The summed E-state index contributed by atoms with van der Waals surface area (Å²) < 4.78 is 0. The summed E-state index contributed by atoms with van der Waals surface area (Å²) in [5.74, 6) is -0.681. The molecule has 11 heteroatoms. The van der Waals surface area contributed by atoms with Gasteiger partial charge in [-0.2, -0.15) is 5.01 Å². The minimum atomic E-state index is -0.954. The van der Waals surface area contributed by atoms with E-state index in [1.807, 2.05) is 0 Å². The number of nitroso groups, excluding NO2 is 1. The quantitative estimate of drug-likeness (QED) is 0.247. The van der Waals surface area contributed by atoms with Gasteiger partial charge < -0.3 is 0 Å². The number of nitrogens with zero attached hydrogens (tertiary/aromatic N) is 3. The Hall–Kier alpha value is -0.860. The van der Waals surface area contributed by atoms with Gasteiger partial charge in [0.25, 0.3) is 5.96 Å². The SMILES string of the molecule is CN(N=O)C(=N)N[N+](=O)[O-].Cl.Cl.Cl. The second kappa shape index (κ2) is 11.1. The van der Waals surface area contributed by atoms with Crippen LogP contribution in [0, 0.1) is 20.4 Å². The van der Waals surface area contributed by atoms with Gasteiger partial charge in [-0.3, -0.25) is 5.41 Å². The van der Waals surface area contributed by atoms with E-state index in [4.69, 9.17) is 5.41 Å². The molecular formula is C2H8Cl3N5O3. The first kappa shape index (κ1) is 22.7. The van der Waals surface area contributed by atoms with Crippen LogP contribution < -0.4 is 5.43 Å². The van der Waals surface area contributed by atoms with E-state index in [0.717, 1.165) is 7.05 Å². The third-order valence-corrected chi connectivity index (χ3v) is 0.643. The van der Waals surface area contributed by atoms with Gasteiger partial charge in [0.15, 0.2) is 5.03 Å². The zero-order chi connectivity index (χ0) is 8.15. The van der Waals surface area contributed by atoms with Gasteiger partial charge in [-0.05, 0) is 0 Å². The van der Waals surface area contributed by atoms with Gasteiger partial charge in [-0.1, -0.05) is 5.43 Å². The normalized spacial score (nSPS) is 6.23. The molecule has 0 fully saturated rings. The Balaban J connectivity index is -0.000000135. The Morgan fingerprint density at radius 1 is 1.54 bits per heavy atom. The highest BCUT2D eigenvalue weighted by Gasteiger charge is 2.07. The lowest BCUT2D eigenvalue weighted by Crippen LogP contribution is -2.38. The lowest BCUT2D eigenvalue weighted by Gasteiger charge is -2.04. The van der Waals surface area contributed by atoms with E-state index in [9.17, 15) is 15.0 Å². The molecule has 0 aliphatic heterocycles. The molecule has 13 heavy (non-hydrogen) atoms. The molecule has 0 radical (unpaired) electrons. The fourth-order valence-corrected chi connectivity index (χ4v) is 0.200. The maximum Gasteiger partial charge on any atom is 0.276 e. The fraction of sp³-hybridized carbons (Fsp3) is 0.500. The van der Waals surface area contributed by atoms with Crippen molar-refractivity contribution in [1.29, 1.82) is 5.41 Å². The van der Waals surface area contributed by atoms with E-state index in [2.05, 4.69) is 5.29 Å². The van der Waals surface area contributed by atoms with E-state index in [0.29, 0.717) is 5.01 Å². The number of rotatable bonds is 2. The van der Waals surface area contributed by atoms with Crippen molar-refractivity contribution in [1.82, 2.24) is 10.4 Å². The van der Waals surface area contributed by atoms with Crippen LogP contribution in [0.4, 0.5) is 0 Å². The van der Waals surface area contributed by atoms with Crippen LogP contribution >= 0.6 is 37.2 Å². The van der Waals surface area contributed by atoms with Crippen molar-refractivity contribution >= 4 is 43.2 Å². The van der Waals surface area contributed by atoms with Crippen LogP contribution in [0.25, 0.3) is 0 Å². The van der Waals surface area contributed by atoms with Crippen molar-refractivity contribution in [2.45, 2.75) is 0 Å². The van der Waals surface area contributed by atoms with E-state index in [1.165, 1.54) is 5.43 Å². The summed E-state index contributed by atoms with van der Waals surface area (Å²) in [7, 11) is 1.12. The number of hydrogen-bond donors (Lipinski definition) is 2. The minimum absolute atomic E-state index is 0. The van der Waals surface area contributed by atoms with Gasteiger partial charge in [0.05, 0.1) is 5.29 Å². The number of hydrazine groups is 1. The van der Waals surface area contributed by atoms with Gasteiger partial charge in [0, 0.05) is 7.05 Å². The molecule has 0 aliphatic rings. The first-order chi connectivity index (χ1) is 4.57. The van der Waals surface area contributed by atoms with E-state index in [1.54, 1.807) is 0 Å². The van der Waals surface area contributed by atoms with Crippen molar-refractivity contribution < 1.29 is 5.03 Å². The van der Waals surface area contributed by atoms with Gasteiger partial charge >= 0.3 is 0 Å². The first-order valence-corrected chi connectivity index (χ1v) is 2.14. The summed E-state index contributed by atoms with van der Waals surface area (Å²) in [5.41, 5.74) is 1.43. The molecule has 8 nitrogen and oxygen atoms in total. The maximum absolute atomic E-state index is 9.61. The average molecular weight is 256 g/mol. The molecule has 0 saturated carbocycles. The summed E-state index contributed by atoms with van der Waals surface area (Å²) in [5, 5.41) is 18.1. The highest BCUT2D eigenvalue weighted by Crippen LogP contribution is 1.79. The molecule has 0 aliphatic carbocycles. The zero-order valence-corrected chi connectivity index (χ0v) is 8.74. The second-order valence-corrected chi connectivity index (χ2v) is 1.32. The van der Waals surface area contributed by atoms with Crippen LogP contribution in [0.3, 0.4) is 0 Å². The molecule has 0 heterocycles. The summed E-state index contributed by atoms with van der Waals surface area (Å²) in [6.07, 6.45) is 0. The second-order valence-electron chi connectivity index (χ2n) is 1.32. The molecule has 0 aromatic heterocycles. The number of nitro groups is 1. The van der Waals surface area contributed by atoms with Crippen molar-refractivity contribution in [2.24, 2.45) is 5.29 Å². The van der Waals surface area contributed by atoms with Crippen LogP contribution in [0.1, 0.15) is 0 Å². The summed E-state index contributed by atoms with van der Waals surface area (Å²) in [4.78, 5) is 19.2. The van der Waals surface area contributed by atoms with Crippen molar-refractivity contribution in [3.63, 3.8) is 0 Å². The average Bonchev–Trinajstić information content (AvgIpc) is 1.85. The summed E-state index contributed by atoms with van der Waals surface area (Å²) in [6.45, 7) is 0. The molecule has 80 valence electrons. The molecule has 0 unspecified atom stereocenters. The van der Waals surface area contributed by atoms with E-state index >= 15 is 0 Å². The molecule has 0 aromatic rings. The number of halogens is 3. The van der Waals surface area contributed by atoms with Crippen LogP contribution in [-0.4, -0.2) is 23.0 Å². The molecular weight excluding hydrogens is 248 g/mol. The topological polar surface area (TPSA) is 112 Å². The molecule has 0 spiro atoms. The predicted octanol–water partition coefficient (Wildman–Crippen LogP) is 0.581. The van der Waals surface area contributed by atoms with Crippen molar-refractivity contribution in [2.75, 3.05) is 7.05 Å². The van der Waals surface area contributed by atoms with Gasteiger partial charge in [0.2, 0.25) is 0 Å². The van der Waals surface area contributed by atoms with E-state index in [-0.39, 0.29) is 37.2 Å². The van der Waals surface area contributed by atoms with Crippen LogP contribution in [-0.2, 0) is 0 Å². The monoisotopic (exact) mass is 255 g/mol. The Bertz CT molecular complexity index is 176. The van der Waals surface area contributed by atoms with Crippen LogP contribution in [0.15, 0.2) is 5.29 Å². The molecule has 2 N–H and O–H groups in total. The number of hydrogen-bond acceptors (Lipinski definition) is 5. The fourth-order valence-electron chi connectivity index (χ4n) is 0.200. The maximum atomic E-state index is 9.61. The summed E-state index contributed by atoms with van der Waals surface area (Å²) in [6, 6.07) is 0. The zero-order valence-electron chi connectivity index (χ0n) is 6.29. The smallest absolute Gasteiger partial charge is 0.263 e. The first-order valence-electron chi connectivity index (χ1n) is 2.14. The van der Waals surface area contributed by atoms with Crippen LogP contribution in [0.5, 0.6) is 0 Å². The lowest BCUT2D eigenvalue weighted by molar-refractivity contribution is -0.526. The summed E-state index contributed by atoms with van der Waals surface area (Å²) >= 11 is 0. The highest BCUT2D eigenvalue weighted by atomic mass is 35.5. The van der Waals surface area contributed by atoms with Crippen molar-refractivity contribution in [3.8, 4) is 0 Å². The highest BCUT2D eigenvalue weighted by molar-refractivity contribution is 5.86. The molecule has 0 aromatic carbocycles. The van der Waals surface area contributed by atoms with Crippen molar-refractivity contribution in [3.05, 3.63) is 15.0 Å². The van der Waals surface area contributed by atoms with E-state index < -0.39 is 11.0 Å². The third kappa shape index (κ3) is 11.1. The lowest BCUT2D eigenvalue weighted by atomic mass is 10.9. The molecule has 0 rings (SSSR count).